The number of hydrogen-bond donors (Lipinski definition) is 0. The molecule has 1 aromatic heterocycles. The summed E-state index contributed by atoms with van der Waals surface area (Å²) < 4.78 is 19.5. The van der Waals surface area contributed by atoms with Crippen LogP contribution < -0.4 is 0 Å². The molecule has 0 atom stereocenters. The third-order valence-electron chi connectivity index (χ3n) is 0.934. The van der Waals surface area contributed by atoms with Gasteiger partial charge in [0.05, 0.1) is 0 Å². The molecule has 15 heavy (non-hydrogen) atoms. The first-order valence-corrected chi connectivity index (χ1v) is 3.47. The van der Waals surface area contributed by atoms with Crippen molar-refractivity contribution >= 4 is 0 Å². The summed E-state index contributed by atoms with van der Waals surface area (Å²) in [6.07, 6.45) is 4.06. The standard InChI is InChI=1S/C5H5.C4H3O.2CO.Fe/c2*1-2-4-5-3-1;2*1-2;/h1-5H;1-3H;;;/q2*-1;;;+6. The smallest absolute Gasteiger partial charge is 0.599 e. The van der Waals surface area contributed by atoms with Crippen molar-refractivity contribution in [2.45, 2.75) is 0 Å². The van der Waals surface area contributed by atoms with Gasteiger partial charge in [0, 0.05) is 0 Å². The Balaban J connectivity index is -0.000000138. The molecular formula is C11H8FeO3+4. The maximum Gasteiger partial charge on any atom is 6.00 e. The van der Waals surface area contributed by atoms with E-state index in [1.807, 2.05) is 30.3 Å². The average Bonchev–Trinajstić information content (AvgIpc) is 3.01. The maximum atomic E-state index is 7.50. The topological polar surface area (TPSA) is 52.9 Å². The van der Waals surface area contributed by atoms with Crippen LogP contribution in [0.25, 0.3) is 0 Å². The molecule has 2 aromatic rings. The first-order chi connectivity index (χ1) is 7.00. The van der Waals surface area contributed by atoms with E-state index in [9.17, 15) is 0 Å². The van der Waals surface area contributed by atoms with E-state index in [0.29, 0.717) is 0 Å². The minimum absolute atomic E-state index is 0. The van der Waals surface area contributed by atoms with Crippen LogP contribution in [0, 0.1) is 19.6 Å². The molecule has 0 aliphatic heterocycles. The summed E-state index contributed by atoms with van der Waals surface area (Å²) in [6.45, 7) is 9.00. The zero-order valence-electron chi connectivity index (χ0n) is 7.70. The van der Waals surface area contributed by atoms with Gasteiger partial charge in [0.2, 0.25) is 0 Å². The van der Waals surface area contributed by atoms with Crippen LogP contribution in [0.1, 0.15) is 0 Å². The molecule has 1 aromatic carbocycles. The van der Waals surface area contributed by atoms with E-state index in [1.165, 1.54) is 0 Å². The van der Waals surface area contributed by atoms with Gasteiger partial charge < -0.3 is 4.42 Å². The number of furan rings is 1. The monoisotopic (exact) mass is 244 g/mol. The summed E-state index contributed by atoms with van der Waals surface area (Å²) in [5.74, 6) is 0. The van der Waals surface area contributed by atoms with E-state index in [1.54, 1.807) is 18.4 Å². The minimum Gasteiger partial charge on any atom is -0.599 e. The predicted molar refractivity (Wildman–Crippen MR) is 47.4 cm³/mol. The Bertz CT molecular complexity index is 215. The second-order valence-electron chi connectivity index (χ2n) is 1.69. The summed E-state index contributed by atoms with van der Waals surface area (Å²) >= 11 is 0. The van der Waals surface area contributed by atoms with Crippen LogP contribution in [0.2, 0.25) is 0 Å². The third kappa shape index (κ3) is 19.2. The van der Waals surface area contributed by atoms with Crippen molar-refractivity contribution in [3.8, 4) is 0 Å². The fraction of sp³-hybridized carbons (Fsp3) is 0. The van der Waals surface area contributed by atoms with Crippen LogP contribution in [-0.2, 0) is 26.4 Å². The molecule has 0 radical (unpaired) electrons. The molecule has 74 valence electrons. The van der Waals surface area contributed by atoms with E-state index in [4.69, 9.17) is 9.30 Å². The Morgan fingerprint density at radius 1 is 1.00 bits per heavy atom. The van der Waals surface area contributed by atoms with Gasteiger partial charge in [-0.1, -0.05) is 6.26 Å². The van der Waals surface area contributed by atoms with Crippen LogP contribution in [0.4, 0.5) is 0 Å². The molecule has 0 spiro atoms. The normalized spacial score (nSPS) is 5.60. The number of rotatable bonds is 0. The number of hydrogen-bond acceptors (Lipinski definition) is 1. The van der Waals surface area contributed by atoms with E-state index in [2.05, 4.69) is 24.0 Å². The first-order valence-electron chi connectivity index (χ1n) is 3.47. The molecule has 3 nitrogen and oxygen atoms in total. The Morgan fingerprint density at radius 3 is 1.67 bits per heavy atom. The molecule has 0 unspecified atom stereocenters. The Labute approximate surface area is 99.4 Å². The van der Waals surface area contributed by atoms with Crippen molar-refractivity contribution in [1.82, 2.24) is 0 Å². The quantitative estimate of drug-likeness (QED) is 0.398. The molecular weight excluding hydrogens is 236 g/mol. The fourth-order valence-electron chi connectivity index (χ4n) is 0.517. The van der Waals surface area contributed by atoms with Crippen molar-refractivity contribution in [1.29, 1.82) is 0 Å². The van der Waals surface area contributed by atoms with Gasteiger partial charge in [-0.2, -0.15) is 24.3 Å². The Kier molecular flexibility index (Phi) is 29.4. The van der Waals surface area contributed by atoms with Crippen molar-refractivity contribution in [2.24, 2.45) is 0 Å². The second kappa shape index (κ2) is 22.9. The van der Waals surface area contributed by atoms with E-state index in [0.717, 1.165) is 0 Å². The van der Waals surface area contributed by atoms with Crippen LogP contribution in [-0.4, -0.2) is 0 Å². The largest absolute Gasteiger partial charge is 6.00 e. The van der Waals surface area contributed by atoms with Crippen molar-refractivity contribution in [3.05, 3.63) is 68.3 Å². The SMILES string of the molecule is [C-]#[O+].[C-]#[O+].[Fe+6].[c-]1ccco1.c1cc[cH-]c1. The first kappa shape index (κ1) is 19.2. The third-order valence-corrected chi connectivity index (χ3v) is 0.934. The van der Waals surface area contributed by atoms with E-state index in [-0.39, 0.29) is 17.1 Å². The molecule has 4 heteroatoms. The van der Waals surface area contributed by atoms with Gasteiger partial charge in [0.25, 0.3) is 0 Å². The van der Waals surface area contributed by atoms with Crippen LogP contribution in [0.15, 0.2) is 53.1 Å². The van der Waals surface area contributed by atoms with Crippen molar-refractivity contribution in [3.63, 3.8) is 0 Å². The molecule has 1 heterocycles. The molecule has 0 N–H and O–H groups in total. The molecule has 0 fully saturated rings. The maximum absolute atomic E-state index is 7.50. The molecule has 0 amide bonds. The fourth-order valence-corrected chi connectivity index (χ4v) is 0.517. The summed E-state index contributed by atoms with van der Waals surface area (Å²) in [5.41, 5.74) is 0. The van der Waals surface area contributed by atoms with Gasteiger partial charge in [-0.25, -0.2) is 12.1 Å². The van der Waals surface area contributed by atoms with Gasteiger partial charge in [-0.3, -0.25) is 0 Å². The second-order valence-corrected chi connectivity index (χ2v) is 1.69. The average molecular weight is 244 g/mol. The summed E-state index contributed by atoms with van der Waals surface area (Å²) in [6, 6.07) is 13.5. The van der Waals surface area contributed by atoms with Crippen LogP contribution in [0.3, 0.4) is 0 Å². The van der Waals surface area contributed by atoms with Gasteiger partial charge in [-0.05, 0) is 6.26 Å². The summed E-state index contributed by atoms with van der Waals surface area (Å²) in [5, 5.41) is 0. The zero-order chi connectivity index (χ0) is 11.1. The van der Waals surface area contributed by atoms with Crippen molar-refractivity contribution in [2.75, 3.05) is 0 Å². The summed E-state index contributed by atoms with van der Waals surface area (Å²) in [7, 11) is 0. The molecule has 0 saturated heterocycles. The molecule has 0 saturated carbocycles. The van der Waals surface area contributed by atoms with Gasteiger partial charge in [0.15, 0.2) is 0 Å². The van der Waals surface area contributed by atoms with E-state index < -0.39 is 0 Å². The minimum atomic E-state index is 0. The van der Waals surface area contributed by atoms with Crippen LogP contribution in [0.5, 0.6) is 0 Å². The Hall–Kier alpha value is -1.37. The summed E-state index contributed by atoms with van der Waals surface area (Å²) in [4.78, 5) is 0. The molecule has 0 aliphatic carbocycles. The molecule has 0 bridgehead atoms. The zero-order valence-corrected chi connectivity index (χ0v) is 8.80. The van der Waals surface area contributed by atoms with Gasteiger partial charge in [0.1, 0.15) is 0 Å². The predicted octanol–water partition coefficient (Wildman–Crippen LogP) is 2.41. The van der Waals surface area contributed by atoms with Gasteiger partial charge >= 0.3 is 39.7 Å². The molecule has 2 rings (SSSR count). The Morgan fingerprint density at radius 2 is 1.53 bits per heavy atom. The molecule has 0 aliphatic rings. The van der Waals surface area contributed by atoms with Crippen molar-refractivity contribution < 1.29 is 30.8 Å². The van der Waals surface area contributed by atoms with Gasteiger partial charge in [-0.15, -0.1) is 6.07 Å². The van der Waals surface area contributed by atoms with E-state index >= 15 is 0 Å². The van der Waals surface area contributed by atoms with Crippen LogP contribution >= 0.6 is 0 Å².